The molecule has 0 spiro atoms. The summed E-state index contributed by atoms with van der Waals surface area (Å²) in [7, 11) is 0.773. The van der Waals surface area contributed by atoms with E-state index < -0.39 is 21.5 Å². The molecule has 0 unspecified atom stereocenters. The quantitative estimate of drug-likeness (QED) is 0.255. The molecule has 0 aliphatic carbocycles. The van der Waals surface area contributed by atoms with Crippen molar-refractivity contribution >= 4 is 73.3 Å². The average Bonchev–Trinajstić information content (AvgIpc) is 3.23. The first-order chi connectivity index (χ1) is 18.3. The monoisotopic (exact) mass is 613 g/mol. The number of fused-ring (bicyclic) bond motifs is 1. The van der Waals surface area contributed by atoms with E-state index in [1.54, 1.807) is 37.2 Å². The number of amides is 1. The summed E-state index contributed by atoms with van der Waals surface area (Å²) in [4.78, 5) is 33.8. The van der Waals surface area contributed by atoms with Crippen molar-refractivity contribution in [2.75, 3.05) is 37.3 Å². The molecule has 0 fully saturated rings. The van der Waals surface area contributed by atoms with Gasteiger partial charge in [0.15, 0.2) is 11.5 Å². The number of anilines is 2. The lowest BCUT2D eigenvalue weighted by atomic mass is 10.1. The first kappa shape index (κ1) is 28.6. The second-order valence-corrected chi connectivity index (χ2v) is 11.2. The standard InChI is InChI=1S/C23H22Cl3N7O5S/c1-32(2)22-19-21(33(31-22)20-13(25)8-12(9-14(20)26)39(27,36)37)29-17(30-23(19)35)7-11-4-5-16(38-3)15(6-11)28-18(34)10-24/h4-6,8-9H,7,10H2,1-3H3,(H,28,34)(H2,27,36,37)(H,29,30,35). The second kappa shape index (κ2) is 11.0. The highest BCUT2D eigenvalue weighted by Gasteiger charge is 2.24. The molecule has 2 heterocycles. The summed E-state index contributed by atoms with van der Waals surface area (Å²) in [6.07, 6.45) is 0.160. The highest BCUT2D eigenvalue weighted by Crippen LogP contribution is 2.34. The van der Waals surface area contributed by atoms with Crippen molar-refractivity contribution in [1.29, 1.82) is 0 Å². The lowest BCUT2D eigenvalue weighted by molar-refractivity contribution is -0.113. The summed E-state index contributed by atoms with van der Waals surface area (Å²) in [5, 5.41) is 12.4. The number of primary sulfonamides is 1. The van der Waals surface area contributed by atoms with Crippen LogP contribution in [0.4, 0.5) is 11.5 Å². The minimum absolute atomic E-state index is 0.0697. The Labute approximate surface area is 237 Å². The summed E-state index contributed by atoms with van der Waals surface area (Å²) in [6, 6.07) is 7.38. The van der Waals surface area contributed by atoms with Crippen molar-refractivity contribution in [3.63, 3.8) is 0 Å². The van der Waals surface area contributed by atoms with Gasteiger partial charge in [0, 0.05) is 20.5 Å². The Morgan fingerprint density at radius 1 is 1.21 bits per heavy atom. The summed E-state index contributed by atoms with van der Waals surface area (Å²) in [5.74, 6) is 0.327. The normalized spacial score (nSPS) is 11.6. The number of alkyl halides is 1. The van der Waals surface area contributed by atoms with Crippen LogP contribution in [0.2, 0.25) is 10.0 Å². The molecule has 4 rings (SSSR count). The number of sulfonamides is 1. The van der Waals surface area contributed by atoms with Gasteiger partial charge in [-0.25, -0.2) is 23.2 Å². The van der Waals surface area contributed by atoms with E-state index in [1.165, 1.54) is 11.8 Å². The van der Waals surface area contributed by atoms with E-state index in [-0.39, 0.29) is 55.6 Å². The third-order valence-corrected chi connectivity index (χ3v) is 7.27. The summed E-state index contributed by atoms with van der Waals surface area (Å²) >= 11 is 18.5. The van der Waals surface area contributed by atoms with Crippen LogP contribution in [-0.2, 0) is 21.2 Å². The van der Waals surface area contributed by atoms with Crippen LogP contribution >= 0.6 is 34.8 Å². The number of methoxy groups -OCH3 is 1. The minimum atomic E-state index is -4.08. The van der Waals surface area contributed by atoms with Crippen molar-refractivity contribution in [2.45, 2.75) is 11.3 Å². The summed E-state index contributed by atoms with van der Waals surface area (Å²) in [6.45, 7) is 0. The maximum atomic E-state index is 13.2. The van der Waals surface area contributed by atoms with Crippen LogP contribution in [0.5, 0.6) is 5.75 Å². The number of hydrogen-bond donors (Lipinski definition) is 3. The lowest BCUT2D eigenvalue weighted by Gasteiger charge is -2.12. The number of ether oxygens (including phenoxy) is 1. The van der Waals surface area contributed by atoms with Gasteiger partial charge in [0.2, 0.25) is 15.9 Å². The Morgan fingerprint density at radius 3 is 2.44 bits per heavy atom. The largest absolute Gasteiger partial charge is 0.495 e. The van der Waals surface area contributed by atoms with Crippen LogP contribution in [0.15, 0.2) is 40.0 Å². The zero-order valence-electron chi connectivity index (χ0n) is 20.8. The number of hydrogen-bond acceptors (Lipinski definition) is 8. The Bertz CT molecular complexity index is 1750. The molecule has 0 atom stereocenters. The number of aromatic nitrogens is 4. The van der Waals surface area contributed by atoms with Crippen LogP contribution < -0.4 is 25.7 Å². The van der Waals surface area contributed by atoms with Gasteiger partial charge >= 0.3 is 0 Å². The number of halogens is 3. The zero-order valence-corrected chi connectivity index (χ0v) is 23.8. The molecule has 12 nitrogen and oxygen atoms in total. The van der Waals surface area contributed by atoms with E-state index in [9.17, 15) is 18.0 Å². The van der Waals surface area contributed by atoms with E-state index in [0.717, 1.165) is 12.1 Å². The number of carbonyl (C=O) groups is 1. The van der Waals surface area contributed by atoms with E-state index in [1.807, 2.05) is 0 Å². The third-order valence-electron chi connectivity index (χ3n) is 5.55. The predicted molar refractivity (Wildman–Crippen MR) is 150 cm³/mol. The van der Waals surface area contributed by atoms with Gasteiger partial charge in [0.25, 0.3) is 5.56 Å². The molecule has 2 aromatic carbocycles. The molecule has 1 amide bonds. The van der Waals surface area contributed by atoms with Crippen LogP contribution in [0.1, 0.15) is 11.4 Å². The first-order valence-electron chi connectivity index (χ1n) is 11.1. The topological polar surface area (TPSA) is 165 Å². The first-order valence-corrected chi connectivity index (χ1v) is 13.9. The number of nitrogens with one attached hydrogen (secondary N) is 2. The van der Waals surface area contributed by atoms with Crippen molar-refractivity contribution in [3.8, 4) is 11.4 Å². The maximum Gasteiger partial charge on any atom is 0.264 e. The molecule has 206 valence electrons. The van der Waals surface area contributed by atoms with E-state index in [4.69, 9.17) is 44.7 Å². The van der Waals surface area contributed by atoms with Crippen molar-refractivity contribution < 1.29 is 17.9 Å². The van der Waals surface area contributed by atoms with Crippen LogP contribution in [0.3, 0.4) is 0 Å². The molecular weight excluding hydrogens is 593 g/mol. The number of nitrogens with zero attached hydrogens (tertiary/aromatic N) is 4. The molecule has 0 radical (unpaired) electrons. The van der Waals surface area contributed by atoms with Gasteiger partial charge in [-0.1, -0.05) is 29.3 Å². The van der Waals surface area contributed by atoms with Gasteiger partial charge in [0.1, 0.15) is 28.5 Å². The molecule has 0 saturated carbocycles. The molecular formula is C23H22Cl3N7O5S. The lowest BCUT2D eigenvalue weighted by Crippen LogP contribution is -2.16. The maximum absolute atomic E-state index is 13.2. The molecule has 39 heavy (non-hydrogen) atoms. The smallest absolute Gasteiger partial charge is 0.264 e. The van der Waals surface area contributed by atoms with Gasteiger partial charge in [-0.3, -0.25) is 9.59 Å². The Morgan fingerprint density at radius 2 is 1.87 bits per heavy atom. The number of benzene rings is 2. The molecule has 0 aliphatic rings. The molecule has 4 aromatic rings. The Kier molecular flexibility index (Phi) is 8.09. The second-order valence-electron chi connectivity index (χ2n) is 8.51. The zero-order chi connectivity index (χ0) is 28.6. The molecule has 2 aromatic heterocycles. The number of rotatable bonds is 8. The fourth-order valence-electron chi connectivity index (χ4n) is 3.85. The van der Waals surface area contributed by atoms with Crippen LogP contribution in [0, 0.1) is 0 Å². The number of H-pyrrole nitrogens is 1. The molecule has 0 bridgehead atoms. The fraction of sp³-hybridized carbons (Fsp3) is 0.217. The Hall–Kier alpha value is -3.36. The van der Waals surface area contributed by atoms with Crippen LogP contribution in [-0.4, -0.2) is 61.2 Å². The van der Waals surface area contributed by atoms with Crippen molar-refractivity contribution in [2.24, 2.45) is 5.14 Å². The van der Waals surface area contributed by atoms with Crippen molar-refractivity contribution in [1.82, 2.24) is 19.7 Å². The van der Waals surface area contributed by atoms with E-state index in [2.05, 4.69) is 20.4 Å². The summed E-state index contributed by atoms with van der Waals surface area (Å²) in [5.41, 5.74) is 0.868. The fourth-order valence-corrected chi connectivity index (χ4v) is 5.26. The van der Waals surface area contributed by atoms with E-state index in [0.29, 0.717) is 17.0 Å². The molecule has 4 N–H and O–H groups in total. The Balaban J connectivity index is 1.88. The number of aromatic amines is 1. The summed E-state index contributed by atoms with van der Waals surface area (Å²) < 4.78 is 30.2. The molecule has 0 aliphatic heterocycles. The van der Waals surface area contributed by atoms with Crippen LogP contribution in [0.25, 0.3) is 16.7 Å². The molecule has 0 saturated heterocycles. The van der Waals surface area contributed by atoms with Gasteiger partial charge in [0.05, 0.1) is 27.7 Å². The molecule has 16 heteroatoms. The van der Waals surface area contributed by atoms with Gasteiger partial charge in [-0.2, -0.15) is 0 Å². The average molecular weight is 615 g/mol. The van der Waals surface area contributed by atoms with Gasteiger partial charge in [-0.05, 0) is 29.8 Å². The minimum Gasteiger partial charge on any atom is -0.495 e. The van der Waals surface area contributed by atoms with E-state index >= 15 is 0 Å². The van der Waals surface area contributed by atoms with Gasteiger partial charge < -0.3 is 19.9 Å². The number of carbonyl (C=O) groups excluding carboxylic acids is 1. The predicted octanol–water partition coefficient (Wildman–Crippen LogP) is 2.91. The third kappa shape index (κ3) is 5.82. The number of nitrogens with two attached hydrogens (primary N) is 1. The highest BCUT2D eigenvalue weighted by atomic mass is 35.5. The highest BCUT2D eigenvalue weighted by molar-refractivity contribution is 7.89. The SMILES string of the molecule is COc1ccc(Cc2nc3c(c(N(C)C)nn3-c3c(Cl)cc(S(N)(=O)=O)cc3Cl)c(=O)[nH]2)cc1NC(=O)CCl. The van der Waals surface area contributed by atoms with Crippen molar-refractivity contribution in [3.05, 3.63) is 62.1 Å². The van der Waals surface area contributed by atoms with Gasteiger partial charge in [-0.15, -0.1) is 16.7 Å².